The van der Waals surface area contributed by atoms with E-state index in [1.807, 2.05) is 25.3 Å². The number of fused-ring (bicyclic) bond motifs is 1. The summed E-state index contributed by atoms with van der Waals surface area (Å²) >= 11 is 1.49. The quantitative estimate of drug-likeness (QED) is 0.729. The molecule has 3 aromatic rings. The van der Waals surface area contributed by atoms with Crippen molar-refractivity contribution in [3.8, 4) is 0 Å². The van der Waals surface area contributed by atoms with Crippen LogP contribution >= 0.6 is 11.3 Å². The molecule has 7 heteroatoms. The van der Waals surface area contributed by atoms with E-state index in [0.717, 1.165) is 42.2 Å². The van der Waals surface area contributed by atoms with E-state index >= 15 is 0 Å². The van der Waals surface area contributed by atoms with Gasteiger partial charge in [0, 0.05) is 18.8 Å². The summed E-state index contributed by atoms with van der Waals surface area (Å²) in [5.41, 5.74) is 1.81. The van der Waals surface area contributed by atoms with Crippen molar-refractivity contribution in [2.75, 3.05) is 6.54 Å². The minimum absolute atomic E-state index is 0.0977. The number of aromatic nitrogens is 4. The van der Waals surface area contributed by atoms with Crippen LogP contribution in [0.2, 0.25) is 0 Å². The van der Waals surface area contributed by atoms with E-state index in [2.05, 4.69) is 26.0 Å². The number of nitrogens with zero attached hydrogens (tertiary/aromatic N) is 5. The van der Waals surface area contributed by atoms with E-state index in [1.165, 1.54) is 15.9 Å². The molecule has 0 amide bonds. The summed E-state index contributed by atoms with van der Waals surface area (Å²) in [4.78, 5) is 24.5. The van der Waals surface area contributed by atoms with Crippen molar-refractivity contribution in [1.29, 1.82) is 0 Å². The molecule has 4 rings (SSSR count). The summed E-state index contributed by atoms with van der Waals surface area (Å²) in [5.74, 6) is 0. The van der Waals surface area contributed by atoms with Crippen LogP contribution in [0.3, 0.4) is 0 Å². The highest BCUT2D eigenvalue weighted by Crippen LogP contribution is 2.31. The third-order valence-electron chi connectivity index (χ3n) is 4.40. The SMILES string of the molecule is CCc1nn2c(=O)cc(CN3CCCC3c3ccccn3)nc2s1. The summed E-state index contributed by atoms with van der Waals surface area (Å²) in [6, 6.07) is 7.96. The Morgan fingerprint density at radius 1 is 1.38 bits per heavy atom. The van der Waals surface area contributed by atoms with Crippen LogP contribution in [-0.4, -0.2) is 31.0 Å². The van der Waals surface area contributed by atoms with Crippen molar-refractivity contribution in [2.45, 2.75) is 38.8 Å². The number of hydrogen-bond acceptors (Lipinski definition) is 6. The Labute approximate surface area is 143 Å². The van der Waals surface area contributed by atoms with Crippen LogP contribution in [0, 0.1) is 0 Å². The van der Waals surface area contributed by atoms with Crippen LogP contribution in [0.15, 0.2) is 35.3 Å². The van der Waals surface area contributed by atoms with Crippen LogP contribution in [0.5, 0.6) is 0 Å². The fourth-order valence-corrected chi connectivity index (χ4v) is 4.11. The monoisotopic (exact) mass is 341 g/mol. The third kappa shape index (κ3) is 2.85. The van der Waals surface area contributed by atoms with Crippen molar-refractivity contribution in [3.05, 3.63) is 57.2 Å². The summed E-state index contributed by atoms with van der Waals surface area (Å²) in [7, 11) is 0. The molecule has 1 unspecified atom stereocenters. The molecule has 0 spiro atoms. The summed E-state index contributed by atoms with van der Waals surface area (Å²) in [6.45, 7) is 3.71. The first-order valence-corrected chi connectivity index (χ1v) is 9.10. The first kappa shape index (κ1) is 15.4. The van der Waals surface area contributed by atoms with E-state index in [4.69, 9.17) is 0 Å². The molecule has 24 heavy (non-hydrogen) atoms. The molecule has 1 fully saturated rings. The first-order chi connectivity index (χ1) is 11.7. The normalized spacial score (nSPS) is 18.5. The van der Waals surface area contributed by atoms with Crippen molar-refractivity contribution >= 4 is 16.3 Å². The minimum Gasteiger partial charge on any atom is -0.289 e. The molecule has 3 aromatic heterocycles. The Morgan fingerprint density at radius 3 is 3.08 bits per heavy atom. The predicted octanol–water partition coefficient (Wildman–Crippen LogP) is 2.45. The van der Waals surface area contributed by atoms with Crippen molar-refractivity contribution in [1.82, 2.24) is 24.5 Å². The second-order valence-electron chi connectivity index (χ2n) is 6.01. The fraction of sp³-hybridized carbons (Fsp3) is 0.412. The number of rotatable bonds is 4. The highest BCUT2D eigenvalue weighted by molar-refractivity contribution is 7.16. The zero-order valence-electron chi connectivity index (χ0n) is 13.6. The Morgan fingerprint density at radius 2 is 2.29 bits per heavy atom. The minimum atomic E-state index is -0.0977. The highest BCUT2D eigenvalue weighted by Gasteiger charge is 2.27. The van der Waals surface area contributed by atoms with Crippen molar-refractivity contribution < 1.29 is 0 Å². The molecule has 124 valence electrons. The number of likely N-dealkylation sites (tertiary alicyclic amines) is 1. The van der Waals surface area contributed by atoms with Gasteiger partial charge in [0.05, 0.1) is 17.4 Å². The van der Waals surface area contributed by atoms with Crippen molar-refractivity contribution in [3.63, 3.8) is 0 Å². The zero-order valence-corrected chi connectivity index (χ0v) is 14.4. The lowest BCUT2D eigenvalue weighted by Gasteiger charge is -2.23. The highest BCUT2D eigenvalue weighted by atomic mass is 32.1. The van der Waals surface area contributed by atoms with Gasteiger partial charge in [0.2, 0.25) is 4.96 Å². The average Bonchev–Trinajstić information content (AvgIpc) is 3.22. The maximum atomic E-state index is 12.3. The Hall–Kier alpha value is -2.12. The van der Waals surface area contributed by atoms with Gasteiger partial charge in [-0.2, -0.15) is 9.61 Å². The smallest absolute Gasteiger partial charge is 0.275 e. The van der Waals surface area contributed by atoms with E-state index in [-0.39, 0.29) is 5.56 Å². The largest absolute Gasteiger partial charge is 0.289 e. The van der Waals surface area contributed by atoms with Gasteiger partial charge in [-0.3, -0.25) is 14.7 Å². The van der Waals surface area contributed by atoms with Gasteiger partial charge in [0.15, 0.2) is 0 Å². The number of aryl methyl sites for hydroxylation is 1. The lowest BCUT2D eigenvalue weighted by Crippen LogP contribution is -2.25. The molecule has 0 N–H and O–H groups in total. The molecule has 0 bridgehead atoms. The van der Waals surface area contributed by atoms with Crippen LogP contribution in [0.25, 0.3) is 4.96 Å². The van der Waals surface area contributed by atoms with Gasteiger partial charge in [-0.25, -0.2) is 4.98 Å². The lowest BCUT2D eigenvalue weighted by atomic mass is 10.1. The Balaban J connectivity index is 1.62. The molecule has 0 radical (unpaired) electrons. The molecule has 1 saturated heterocycles. The van der Waals surface area contributed by atoms with Crippen molar-refractivity contribution in [2.24, 2.45) is 0 Å². The number of pyridine rings is 1. The number of hydrogen-bond donors (Lipinski definition) is 0. The van der Waals surface area contributed by atoms with Gasteiger partial charge in [0.1, 0.15) is 5.01 Å². The molecule has 4 heterocycles. The second kappa shape index (κ2) is 6.41. The fourth-order valence-electron chi connectivity index (χ4n) is 3.25. The second-order valence-corrected chi connectivity index (χ2v) is 7.05. The molecule has 6 nitrogen and oxygen atoms in total. The maximum absolute atomic E-state index is 12.3. The molecule has 0 aromatic carbocycles. The van der Waals surface area contributed by atoms with Crippen LogP contribution < -0.4 is 5.56 Å². The van der Waals surface area contributed by atoms with Gasteiger partial charge in [-0.05, 0) is 37.9 Å². The summed E-state index contributed by atoms with van der Waals surface area (Å²) in [5, 5.41) is 5.24. The van der Waals surface area contributed by atoms with E-state index in [1.54, 1.807) is 6.07 Å². The summed E-state index contributed by atoms with van der Waals surface area (Å²) in [6.07, 6.45) is 4.89. The predicted molar refractivity (Wildman–Crippen MR) is 93.1 cm³/mol. The van der Waals surface area contributed by atoms with Gasteiger partial charge < -0.3 is 0 Å². The lowest BCUT2D eigenvalue weighted by molar-refractivity contribution is 0.241. The van der Waals surface area contributed by atoms with Gasteiger partial charge in [0.25, 0.3) is 5.56 Å². The first-order valence-electron chi connectivity index (χ1n) is 8.28. The molecular formula is C17H19N5OS. The summed E-state index contributed by atoms with van der Waals surface area (Å²) < 4.78 is 1.41. The maximum Gasteiger partial charge on any atom is 0.275 e. The van der Waals surface area contributed by atoms with Crippen LogP contribution in [-0.2, 0) is 13.0 Å². The topological polar surface area (TPSA) is 63.4 Å². The molecule has 0 saturated carbocycles. The molecule has 1 aliphatic heterocycles. The molecular weight excluding hydrogens is 322 g/mol. The average molecular weight is 341 g/mol. The van der Waals surface area contributed by atoms with E-state index < -0.39 is 0 Å². The zero-order chi connectivity index (χ0) is 16.5. The van der Waals surface area contributed by atoms with Crippen LogP contribution in [0.4, 0.5) is 0 Å². The third-order valence-corrected chi connectivity index (χ3v) is 5.45. The molecule has 0 aliphatic carbocycles. The standard InChI is InChI=1S/C17H19N5OS/c1-2-15-20-22-16(23)10-12(19-17(22)24-15)11-21-9-5-7-14(21)13-6-3-4-8-18-13/h3-4,6,8,10,14H,2,5,7,9,11H2,1H3. The van der Waals surface area contributed by atoms with Crippen LogP contribution in [0.1, 0.15) is 42.2 Å². The van der Waals surface area contributed by atoms with Gasteiger partial charge >= 0.3 is 0 Å². The Bertz CT molecular complexity index is 904. The molecule has 1 atom stereocenters. The Kier molecular flexibility index (Phi) is 4.12. The molecule has 1 aliphatic rings. The van der Waals surface area contributed by atoms with Gasteiger partial charge in [-0.1, -0.05) is 24.3 Å². The van der Waals surface area contributed by atoms with E-state index in [9.17, 15) is 4.79 Å². The van der Waals surface area contributed by atoms with E-state index in [0.29, 0.717) is 17.5 Å². The van der Waals surface area contributed by atoms with Gasteiger partial charge in [-0.15, -0.1) is 0 Å².